The molecule has 0 spiro atoms. The highest BCUT2D eigenvalue weighted by atomic mass is 16.5. The second kappa shape index (κ2) is 3.10. The van der Waals surface area contributed by atoms with E-state index in [1.54, 1.807) is 7.11 Å². The summed E-state index contributed by atoms with van der Waals surface area (Å²) in [6, 6.07) is 0. The van der Waals surface area contributed by atoms with E-state index in [4.69, 9.17) is 9.15 Å². The van der Waals surface area contributed by atoms with Gasteiger partial charge in [-0.25, -0.2) is 9.89 Å². The molecule has 1 aromatic rings. The molecule has 1 rings (SSSR count). The first kappa shape index (κ1) is 8.99. The first-order chi connectivity index (χ1) is 5.53. The normalized spacial score (nSPS) is 11.9. The number of aromatic nitrogens is 2. The summed E-state index contributed by atoms with van der Waals surface area (Å²) in [7, 11) is 1.60. The summed E-state index contributed by atoms with van der Waals surface area (Å²) in [6.45, 7) is 3.78. The number of aromatic amines is 1. The first-order valence-electron chi connectivity index (χ1n) is 3.63. The van der Waals surface area contributed by atoms with Crippen LogP contribution < -0.4 is 5.76 Å². The fourth-order valence-electron chi connectivity index (χ4n) is 0.773. The van der Waals surface area contributed by atoms with Crippen LogP contribution in [0.3, 0.4) is 0 Å². The van der Waals surface area contributed by atoms with E-state index in [2.05, 4.69) is 10.2 Å². The molecule has 0 aromatic carbocycles. The molecular weight excluding hydrogens is 160 g/mol. The largest absolute Gasteiger partial charge is 0.434 e. The zero-order valence-electron chi connectivity index (χ0n) is 7.38. The van der Waals surface area contributed by atoms with Gasteiger partial charge in [-0.1, -0.05) is 0 Å². The quantitative estimate of drug-likeness (QED) is 0.713. The van der Waals surface area contributed by atoms with Crippen LogP contribution in [0.25, 0.3) is 0 Å². The van der Waals surface area contributed by atoms with Gasteiger partial charge < -0.3 is 9.15 Å². The minimum absolute atomic E-state index is 0.356. The summed E-state index contributed by atoms with van der Waals surface area (Å²) in [5.41, 5.74) is -0.356. The highest BCUT2D eigenvalue weighted by Gasteiger charge is 2.20. The number of hydrogen-bond acceptors (Lipinski definition) is 4. The molecule has 5 heteroatoms. The highest BCUT2D eigenvalue weighted by Crippen LogP contribution is 2.12. The SMILES string of the molecule is COC(C)(C)Cc1n[nH]c(=O)o1. The van der Waals surface area contributed by atoms with Crippen molar-refractivity contribution >= 4 is 0 Å². The Labute approximate surface area is 69.7 Å². The summed E-state index contributed by atoms with van der Waals surface area (Å²) in [5, 5.41) is 5.85. The third-order valence-electron chi connectivity index (χ3n) is 1.61. The van der Waals surface area contributed by atoms with Crippen molar-refractivity contribution in [3.63, 3.8) is 0 Å². The number of ether oxygens (including phenoxy) is 1. The van der Waals surface area contributed by atoms with Crippen molar-refractivity contribution < 1.29 is 9.15 Å². The van der Waals surface area contributed by atoms with E-state index in [1.165, 1.54) is 0 Å². The minimum Gasteiger partial charge on any atom is -0.392 e. The first-order valence-corrected chi connectivity index (χ1v) is 3.63. The predicted octanol–water partition coefficient (Wildman–Crippen LogP) is 0.330. The summed E-state index contributed by atoms with van der Waals surface area (Å²) < 4.78 is 9.85. The lowest BCUT2D eigenvalue weighted by Crippen LogP contribution is -2.25. The zero-order chi connectivity index (χ0) is 9.19. The fraction of sp³-hybridized carbons (Fsp3) is 0.714. The molecule has 0 aliphatic rings. The predicted molar refractivity (Wildman–Crippen MR) is 41.9 cm³/mol. The third-order valence-corrected chi connectivity index (χ3v) is 1.61. The molecule has 12 heavy (non-hydrogen) atoms. The maximum atomic E-state index is 10.5. The van der Waals surface area contributed by atoms with Crippen LogP contribution in [-0.2, 0) is 11.2 Å². The smallest absolute Gasteiger partial charge is 0.392 e. The molecule has 0 fully saturated rings. The molecule has 0 amide bonds. The molecule has 0 radical (unpaired) electrons. The lowest BCUT2D eigenvalue weighted by atomic mass is 10.1. The van der Waals surface area contributed by atoms with Crippen molar-refractivity contribution in [1.29, 1.82) is 0 Å². The van der Waals surface area contributed by atoms with Gasteiger partial charge in [0.05, 0.1) is 12.0 Å². The van der Waals surface area contributed by atoms with Gasteiger partial charge in [0.1, 0.15) is 0 Å². The van der Waals surface area contributed by atoms with Gasteiger partial charge in [0.15, 0.2) is 0 Å². The van der Waals surface area contributed by atoms with Gasteiger partial charge in [-0.05, 0) is 13.8 Å². The maximum Gasteiger partial charge on any atom is 0.434 e. The number of hydrogen-bond donors (Lipinski definition) is 1. The lowest BCUT2D eigenvalue weighted by Gasteiger charge is -2.19. The van der Waals surface area contributed by atoms with Gasteiger partial charge >= 0.3 is 5.76 Å². The Bertz CT molecular complexity index is 300. The molecule has 68 valence electrons. The molecule has 0 unspecified atom stereocenters. The highest BCUT2D eigenvalue weighted by molar-refractivity contribution is 4.83. The molecule has 5 nitrogen and oxygen atoms in total. The Hall–Kier alpha value is -1.10. The van der Waals surface area contributed by atoms with Gasteiger partial charge in [0.25, 0.3) is 0 Å². The molecule has 0 aliphatic heterocycles. The molecule has 0 saturated heterocycles. The van der Waals surface area contributed by atoms with E-state index in [9.17, 15) is 4.79 Å². The van der Waals surface area contributed by atoms with E-state index in [1.807, 2.05) is 13.8 Å². The second-order valence-corrected chi connectivity index (χ2v) is 3.15. The Morgan fingerprint density at radius 2 is 2.33 bits per heavy atom. The van der Waals surface area contributed by atoms with Crippen molar-refractivity contribution in [2.45, 2.75) is 25.9 Å². The Kier molecular flexibility index (Phi) is 2.32. The van der Waals surface area contributed by atoms with Crippen molar-refractivity contribution in [3.05, 3.63) is 16.4 Å². The number of rotatable bonds is 3. The van der Waals surface area contributed by atoms with Crippen LogP contribution in [0.1, 0.15) is 19.7 Å². The van der Waals surface area contributed by atoms with Crippen LogP contribution >= 0.6 is 0 Å². The van der Waals surface area contributed by atoms with Gasteiger partial charge in [-0.2, -0.15) is 0 Å². The molecule has 1 N–H and O–H groups in total. The number of methoxy groups -OCH3 is 1. The summed E-state index contributed by atoms with van der Waals surface area (Å²) in [4.78, 5) is 10.5. The second-order valence-electron chi connectivity index (χ2n) is 3.15. The van der Waals surface area contributed by atoms with Crippen molar-refractivity contribution in [2.24, 2.45) is 0 Å². The molecule has 1 heterocycles. The summed E-state index contributed by atoms with van der Waals surface area (Å²) in [6.07, 6.45) is 0.474. The number of nitrogens with one attached hydrogen (secondary N) is 1. The lowest BCUT2D eigenvalue weighted by molar-refractivity contribution is 0.0179. The van der Waals surface area contributed by atoms with Crippen molar-refractivity contribution in [1.82, 2.24) is 10.2 Å². The van der Waals surface area contributed by atoms with Crippen molar-refractivity contribution in [3.8, 4) is 0 Å². The van der Waals surface area contributed by atoms with Crippen LogP contribution in [0.2, 0.25) is 0 Å². The van der Waals surface area contributed by atoms with Gasteiger partial charge in [0, 0.05) is 7.11 Å². The molecular formula is C7H12N2O3. The Morgan fingerprint density at radius 1 is 1.67 bits per heavy atom. The standard InChI is InChI=1S/C7H12N2O3/c1-7(2,11-3)4-5-8-9-6(10)12-5/h4H2,1-3H3,(H,9,10). The third kappa shape index (κ3) is 2.20. The fourth-order valence-corrected chi connectivity index (χ4v) is 0.773. The van der Waals surface area contributed by atoms with E-state index in [0.29, 0.717) is 12.3 Å². The Morgan fingerprint density at radius 3 is 2.75 bits per heavy atom. The minimum atomic E-state index is -0.531. The number of nitrogens with zero attached hydrogens (tertiary/aromatic N) is 1. The zero-order valence-corrected chi connectivity index (χ0v) is 7.38. The average molecular weight is 172 g/mol. The van der Waals surface area contributed by atoms with Crippen LogP contribution in [-0.4, -0.2) is 22.9 Å². The number of H-pyrrole nitrogens is 1. The average Bonchev–Trinajstić information content (AvgIpc) is 2.35. The topological polar surface area (TPSA) is 68.1 Å². The molecule has 0 aliphatic carbocycles. The van der Waals surface area contributed by atoms with Crippen molar-refractivity contribution in [2.75, 3.05) is 7.11 Å². The summed E-state index contributed by atoms with van der Waals surface area (Å²) >= 11 is 0. The monoisotopic (exact) mass is 172 g/mol. The van der Waals surface area contributed by atoms with Crippen LogP contribution in [0, 0.1) is 0 Å². The molecule has 0 saturated carbocycles. The van der Waals surface area contributed by atoms with Crippen LogP contribution in [0.4, 0.5) is 0 Å². The van der Waals surface area contributed by atoms with Crippen LogP contribution in [0.5, 0.6) is 0 Å². The van der Waals surface area contributed by atoms with E-state index < -0.39 is 5.76 Å². The molecule has 0 atom stereocenters. The van der Waals surface area contributed by atoms with Gasteiger partial charge in [0.2, 0.25) is 5.89 Å². The van der Waals surface area contributed by atoms with Gasteiger partial charge in [-0.15, -0.1) is 5.10 Å². The van der Waals surface area contributed by atoms with E-state index in [-0.39, 0.29) is 5.60 Å². The van der Waals surface area contributed by atoms with E-state index in [0.717, 1.165) is 0 Å². The maximum absolute atomic E-state index is 10.5. The van der Waals surface area contributed by atoms with Crippen LogP contribution in [0.15, 0.2) is 9.21 Å². The van der Waals surface area contributed by atoms with E-state index >= 15 is 0 Å². The van der Waals surface area contributed by atoms with Gasteiger partial charge in [-0.3, -0.25) is 0 Å². The molecule has 1 aromatic heterocycles. The Balaban J connectivity index is 2.70. The molecule has 0 bridgehead atoms. The summed E-state index contributed by atoms with van der Waals surface area (Å²) in [5.74, 6) is -0.163.